The molecule has 0 N–H and O–H groups in total. The zero-order valence-corrected chi connectivity index (χ0v) is 56.2. The number of alkyl halides is 4. The van der Waals surface area contributed by atoms with Crippen LogP contribution in [0.15, 0.2) is 120 Å². The highest BCUT2D eigenvalue weighted by Crippen LogP contribution is 2.41. The fraction of sp³-hybridized carbons (Fsp3) is 0.389. The Kier molecular flexibility index (Phi) is 23.3. The first kappa shape index (κ1) is 69.2. The van der Waals surface area contributed by atoms with E-state index in [0.29, 0.717) is 19.3 Å². The summed E-state index contributed by atoms with van der Waals surface area (Å²) in [5.74, 6) is -4.50. The molecule has 0 amide bonds. The van der Waals surface area contributed by atoms with Crippen LogP contribution in [0.4, 0.5) is 0 Å². The van der Waals surface area contributed by atoms with Gasteiger partial charge in [0.15, 0.2) is 20.3 Å². The van der Waals surface area contributed by atoms with E-state index >= 15 is 0 Å². The standard InChI is InChI=1S/C18H18Br2N2O7S.2C18H19BrN2O7S/c1-3-11-9-28-10-18(19,20)17-21-13(16(24)27-2)14(15(23)22(11)17)29-30(25,26)12-7-5-4-6-8-12;2*1-3-11-9-27-10-13(19)16-20-14(18(23)26-2)15(17(22)21(11)16)28-29(24,25)12-7-5-4-6-8-12/h4-8,11H,3,9-10H2,1-2H3;2*4-8,11,13H,3,9-10H2,1-2H3/t11-;11-,13?;11-,13+/m000/s1. The van der Waals surface area contributed by atoms with Crippen molar-refractivity contribution in [2.45, 2.75) is 85.7 Å². The molecule has 34 heteroatoms. The van der Waals surface area contributed by atoms with Crippen LogP contribution in [0, 0.1) is 0 Å². The molecule has 6 heterocycles. The smallest absolute Gasteiger partial charge is 0.360 e. The van der Waals surface area contributed by atoms with Crippen LogP contribution in [-0.2, 0) is 62.0 Å². The number of halogens is 4. The van der Waals surface area contributed by atoms with E-state index in [2.05, 4.69) is 78.7 Å². The van der Waals surface area contributed by atoms with E-state index in [9.17, 15) is 54.0 Å². The number of hydrogen-bond acceptors (Lipinski definition) is 24. The topological polar surface area (TPSA) is 341 Å². The minimum Gasteiger partial charge on any atom is -0.464 e. The van der Waals surface area contributed by atoms with Crippen LogP contribution in [-0.4, -0.2) is 133 Å². The minimum absolute atomic E-state index is 0.110. The molecule has 3 aliphatic heterocycles. The van der Waals surface area contributed by atoms with E-state index in [4.69, 9.17) is 41.0 Å². The third-order valence-electron chi connectivity index (χ3n) is 13.2. The molecular formula is C54H56Br4N6O21S3. The molecule has 3 aromatic heterocycles. The van der Waals surface area contributed by atoms with Crippen molar-refractivity contribution in [3.63, 3.8) is 0 Å². The van der Waals surface area contributed by atoms with E-state index in [1.165, 1.54) is 86.5 Å². The van der Waals surface area contributed by atoms with E-state index < -0.39 is 130 Å². The maximum Gasteiger partial charge on any atom is 0.360 e. The van der Waals surface area contributed by atoms with Crippen molar-refractivity contribution in [3.8, 4) is 17.2 Å². The Morgan fingerprint density at radius 2 is 0.784 bits per heavy atom. The molecule has 0 bridgehead atoms. The molecule has 3 aromatic carbocycles. The van der Waals surface area contributed by atoms with E-state index in [0.717, 1.165) is 21.3 Å². The van der Waals surface area contributed by atoms with Gasteiger partial charge in [-0.1, -0.05) is 139 Å². The van der Waals surface area contributed by atoms with Crippen molar-refractivity contribution in [1.29, 1.82) is 0 Å². The number of fused-ring (bicyclic) bond motifs is 3. The fourth-order valence-electron chi connectivity index (χ4n) is 8.77. The molecule has 1 unspecified atom stereocenters. The monoisotopic (exact) mass is 1540 g/mol. The normalized spacial score (nSPS) is 18.8. The lowest BCUT2D eigenvalue weighted by molar-refractivity contribution is 0.0581. The van der Waals surface area contributed by atoms with Gasteiger partial charge in [-0.25, -0.2) is 29.3 Å². The summed E-state index contributed by atoms with van der Waals surface area (Å²) in [6.07, 6.45) is 1.54. The first-order chi connectivity index (χ1) is 41.7. The van der Waals surface area contributed by atoms with Gasteiger partial charge < -0.3 is 41.0 Å². The number of rotatable bonds is 15. The summed E-state index contributed by atoms with van der Waals surface area (Å²) in [7, 11) is -9.86. The number of esters is 3. The Balaban J connectivity index is 0.000000188. The van der Waals surface area contributed by atoms with Crippen LogP contribution in [0.1, 0.15) is 117 Å². The molecular weight excluding hydrogens is 1480 g/mol. The summed E-state index contributed by atoms with van der Waals surface area (Å²) in [5, 5.41) is 0. The molecule has 9 rings (SSSR count). The molecule has 0 spiro atoms. The summed E-state index contributed by atoms with van der Waals surface area (Å²) in [6.45, 7) is 6.77. The Labute approximate surface area is 537 Å². The van der Waals surface area contributed by atoms with Crippen molar-refractivity contribution >= 4 is 112 Å². The highest BCUT2D eigenvalue weighted by molar-refractivity contribution is 9.24. The number of carbonyl (C=O) groups excluding carboxylic acids is 3. The van der Waals surface area contributed by atoms with Crippen LogP contribution < -0.4 is 29.2 Å². The Hall–Kier alpha value is -6.24. The van der Waals surface area contributed by atoms with Crippen LogP contribution in [0.3, 0.4) is 0 Å². The van der Waals surface area contributed by atoms with Gasteiger partial charge in [0.05, 0.1) is 88.8 Å². The zero-order chi connectivity index (χ0) is 64.5. The lowest BCUT2D eigenvalue weighted by Gasteiger charge is -2.23. The van der Waals surface area contributed by atoms with Gasteiger partial charge in [0.2, 0.25) is 17.2 Å². The third kappa shape index (κ3) is 15.3. The number of aromatic nitrogens is 6. The van der Waals surface area contributed by atoms with E-state index in [1.807, 2.05) is 20.8 Å². The van der Waals surface area contributed by atoms with Gasteiger partial charge in [0.1, 0.15) is 32.2 Å². The number of ether oxygens (including phenoxy) is 6. The van der Waals surface area contributed by atoms with Gasteiger partial charge in [-0.05, 0) is 55.7 Å². The first-order valence-electron chi connectivity index (χ1n) is 26.3. The molecule has 474 valence electrons. The molecule has 5 atom stereocenters. The van der Waals surface area contributed by atoms with Crippen molar-refractivity contribution in [3.05, 3.63) is 157 Å². The Bertz CT molecular complexity index is 3920. The maximum absolute atomic E-state index is 13.4. The average Bonchev–Trinajstić information content (AvgIpc) is 1.30. The minimum atomic E-state index is -4.40. The first-order valence-corrected chi connectivity index (χ1v) is 34.0. The van der Waals surface area contributed by atoms with Crippen LogP contribution in [0.2, 0.25) is 0 Å². The maximum atomic E-state index is 13.4. The van der Waals surface area contributed by atoms with Crippen molar-refractivity contribution in [2.75, 3.05) is 61.0 Å². The second kappa shape index (κ2) is 29.6. The molecule has 0 fully saturated rings. The van der Waals surface area contributed by atoms with E-state index in [-0.39, 0.29) is 71.8 Å². The van der Waals surface area contributed by atoms with Gasteiger partial charge in [-0.3, -0.25) is 28.1 Å². The quantitative estimate of drug-likeness (QED) is 0.0426. The summed E-state index contributed by atoms with van der Waals surface area (Å²) in [5.41, 5.74) is -3.99. The lowest BCUT2D eigenvalue weighted by Crippen LogP contribution is -2.36. The molecule has 6 aromatic rings. The van der Waals surface area contributed by atoms with Crippen LogP contribution >= 0.6 is 63.7 Å². The van der Waals surface area contributed by atoms with Crippen molar-refractivity contribution in [2.24, 2.45) is 0 Å². The molecule has 0 radical (unpaired) electrons. The zero-order valence-electron chi connectivity index (χ0n) is 47.4. The second-order valence-corrected chi connectivity index (χ2v) is 29.5. The average molecular weight is 1540 g/mol. The molecule has 88 heavy (non-hydrogen) atoms. The van der Waals surface area contributed by atoms with Gasteiger partial charge in [-0.15, -0.1) is 0 Å². The summed E-state index contributed by atoms with van der Waals surface area (Å²) in [6, 6.07) is 20.6. The molecule has 0 saturated heterocycles. The highest BCUT2D eigenvalue weighted by Gasteiger charge is 2.41. The van der Waals surface area contributed by atoms with Gasteiger partial charge in [-0.2, -0.15) is 25.3 Å². The molecule has 0 saturated carbocycles. The van der Waals surface area contributed by atoms with Gasteiger partial charge >= 0.3 is 48.3 Å². The summed E-state index contributed by atoms with van der Waals surface area (Å²) >= 11 is 13.6. The molecule has 0 aliphatic carbocycles. The third-order valence-corrected chi connectivity index (χ3v) is 19.4. The summed E-state index contributed by atoms with van der Waals surface area (Å²) < 4.78 is 125. The van der Waals surface area contributed by atoms with Crippen LogP contribution in [0.25, 0.3) is 0 Å². The van der Waals surface area contributed by atoms with Crippen molar-refractivity contribution < 1.29 is 80.6 Å². The van der Waals surface area contributed by atoms with E-state index in [1.54, 1.807) is 18.2 Å². The SMILES string of the molecule is CC[C@H]1COCC(Br)(Br)c2nc(C(=O)OC)c(OS(=O)(=O)c3ccccc3)c(=O)n21.CC[C@H]1COCC(Br)c2nc(C(=O)OC)c(OS(=O)(=O)c3ccccc3)c(=O)n21.CC[C@H]1COC[C@@H](Br)c2nc(C(=O)OC)c(OS(=O)(=O)c3ccccc3)c(=O)n21. The number of nitrogens with zero attached hydrogens (tertiary/aromatic N) is 6. The largest absolute Gasteiger partial charge is 0.464 e. The Morgan fingerprint density at radius 1 is 0.489 bits per heavy atom. The number of hydrogen-bond donors (Lipinski definition) is 0. The Morgan fingerprint density at radius 3 is 1.10 bits per heavy atom. The predicted octanol–water partition coefficient (Wildman–Crippen LogP) is 7.15. The fourth-order valence-corrected chi connectivity index (χ4v) is 13.5. The summed E-state index contributed by atoms with van der Waals surface area (Å²) in [4.78, 5) is 88.2. The number of carbonyl (C=O) groups is 3. The highest BCUT2D eigenvalue weighted by atomic mass is 79.9. The van der Waals surface area contributed by atoms with Crippen LogP contribution in [0.5, 0.6) is 17.2 Å². The lowest BCUT2D eigenvalue weighted by atomic mass is 10.2. The number of benzene rings is 3. The van der Waals surface area contributed by atoms with Gasteiger partial charge in [0, 0.05) is 0 Å². The predicted molar refractivity (Wildman–Crippen MR) is 326 cm³/mol. The molecule has 27 nitrogen and oxygen atoms in total. The van der Waals surface area contributed by atoms with Gasteiger partial charge in [0.25, 0.3) is 16.7 Å². The van der Waals surface area contributed by atoms with Crippen molar-refractivity contribution in [1.82, 2.24) is 28.7 Å². The second-order valence-electron chi connectivity index (χ2n) is 18.9. The molecule has 3 aliphatic rings. The number of methoxy groups -OCH3 is 3.